The van der Waals surface area contributed by atoms with Gasteiger partial charge in [-0.25, -0.2) is 0 Å². The van der Waals surface area contributed by atoms with E-state index in [0.29, 0.717) is 24.6 Å². The largest absolute Gasteiger partial charge is 0.481 e. The highest BCUT2D eigenvalue weighted by Crippen LogP contribution is 2.33. The third kappa shape index (κ3) is 3.55. The number of carboxylic acid groups (broad SMARTS) is 1. The highest BCUT2D eigenvalue weighted by molar-refractivity contribution is 5.95. The summed E-state index contributed by atoms with van der Waals surface area (Å²) in [5, 5.41) is 16.1. The van der Waals surface area contributed by atoms with Gasteiger partial charge in [0.2, 0.25) is 0 Å². The van der Waals surface area contributed by atoms with Crippen LogP contribution in [0.3, 0.4) is 0 Å². The second kappa shape index (κ2) is 7.12. The van der Waals surface area contributed by atoms with Crippen LogP contribution in [0, 0.1) is 0 Å². The second-order valence-corrected chi connectivity index (χ2v) is 6.36. The average molecular weight is 321 g/mol. The quantitative estimate of drug-likeness (QED) is 0.881. The molecule has 1 saturated heterocycles. The molecule has 0 bridgehead atoms. The highest BCUT2D eigenvalue weighted by atomic mass is 16.5. The molecule has 0 spiro atoms. The zero-order valence-corrected chi connectivity index (χ0v) is 13.2. The van der Waals surface area contributed by atoms with Gasteiger partial charge in [-0.05, 0) is 12.8 Å². The Morgan fingerprint density at radius 2 is 2.13 bits per heavy atom. The Morgan fingerprint density at radius 1 is 1.35 bits per heavy atom. The minimum atomic E-state index is -0.919. The zero-order valence-electron chi connectivity index (χ0n) is 13.2. The van der Waals surface area contributed by atoms with Crippen molar-refractivity contribution in [2.24, 2.45) is 0 Å². The molecular formula is C16H23N3O4. The number of rotatable bonds is 4. The van der Waals surface area contributed by atoms with Crippen LogP contribution >= 0.6 is 0 Å². The summed E-state index contributed by atoms with van der Waals surface area (Å²) in [4.78, 5) is 25.6. The van der Waals surface area contributed by atoms with E-state index in [0.717, 1.165) is 18.5 Å². The van der Waals surface area contributed by atoms with Crippen LogP contribution < -0.4 is 0 Å². The van der Waals surface area contributed by atoms with Gasteiger partial charge in [-0.15, -0.1) is 0 Å². The summed E-state index contributed by atoms with van der Waals surface area (Å²) in [5.74, 6) is -0.698. The van der Waals surface area contributed by atoms with E-state index in [-0.39, 0.29) is 18.9 Å². The van der Waals surface area contributed by atoms with E-state index in [2.05, 4.69) is 10.2 Å². The lowest BCUT2D eigenvalue weighted by molar-refractivity contribution is -0.139. The van der Waals surface area contributed by atoms with E-state index < -0.39 is 12.0 Å². The minimum Gasteiger partial charge on any atom is -0.481 e. The van der Waals surface area contributed by atoms with Crippen LogP contribution in [-0.4, -0.2) is 57.9 Å². The van der Waals surface area contributed by atoms with Gasteiger partial charge in [0.15, 0.2) is 0 Å². The molecule has 2 fully saturated rings. The monoisotopic (exact) mass is 321 g/mol. The molecule has 7 heteroatoms. The summed E-state index contributed by atoms with van der Waals surface area (Å²) in [6, 6.07) is -0.414. The predicted octanol–water partition coefficient (Wildman–Crippen LogP) is 1.77. The molecule has 2 heterocycles. The highest BCUT2D eigenvalue weighted by Gasteiger charge is 2.33. The van der Waals surface area contributed by atoms with Crippen molar-refractivity contribution >= 4 is 11.9 Å². The van der Waals surface area contributed by atoms with E-state index in [4.69, 9.17) is 9.84 Å². The summed E-state index contributed by atoms with van der Waals surface area (Å²) in [6.45, 7) is 1.14. The molecule has 1 aromatic heterocycles. The van der Waals surface area contributed by atoms with Gasteiger partial charge in [-0.3, -0.25) is 14.7 Å². The minimum absolute atomic E-state index is 0.0949. The molecule has 1 aromatic rings. The first-order chi connectivity index (χ1) is 11.2. The fourth-order valence-electron chi connectivity index (χ4n) is 3.62. The van der Waals surface area contributed by atoms with Crippen LogP contribution in [0.15, 0.2) is 6.20 Å². The number of aromatic amines is 1. The van der Waals surface area contributed by atoms with E-state index >= 15 is 0 Å². The lowest BCUT2D eigenvalue weighted by Gasteiger charge is -2.35. The molecule has 2 N–H and O–H groups in total. The summed E-state index contributed by atoms with van der Waals surface area (Å²) < 4.78 is 5.35. The molecule has 1 aliphatic heterocycles. The molecule has 0 aromatic carbocycles. The number of hydrogen-bond acceptors (Lipinski definition) is 4. The predicted molar refractivity (Wildman–Crippen MR) is 82.3 cm³/mol. The molecule has 1 aliphatic carbocycles. The van der Waals surface area contributed by atoms with Gasteiger partial charge in [0.05, 0.1) is 43.1 Å². The van der Waals surface area contributed by atoms with Gasteiger partial charge >= 0.3 is 5.97 Å². The Bertz CT molecular complexity index is 565. The van der Waals surface area contributed by atoms with Crippen molar-refractivity contribution in [2.75, 3.05) is 19.8 Å². The average Bonchev–Trinajstić information content (AvgIpc) is 3.04. The Kier molecular flexibility index (Phi) is 4.95. The lowest BCUT2D eigenvalue weighted by Crippen LogP contribution is -2.49. The summed E-state index contributed by atoms with van der Waals surface area (Å²) in [7, 11) is 0. The number of ether oxygens (including phenoxy) is 1. The number of amides is 1. The summed E-state index contributed by atoms with van der Waals surface area (Å²) >= 11 is 0. The van der Waals surface area contributed by atoms with Gasteiger partial charge < -0.3 is 14.7 Å². The fraction of sp³-hybridized carbons (Fsp3) is 0.688. The molecule has 2 aliphatic rings. The maximum Gasteiger partial charge on any atom is 0.305 e. The number of H-pyrrole nitrogens is 1. The van der Waals surface area contributed by atoms with E-state index in [1.54, 1.807) is 11.1 Å². The normalized spacial score (nSPS) is 23.0. The Labute approximate surface area is 135 Å². The van der Waals surface area contributed by atoms with Crippen molar-refractivity contribution < 1.29 is 19.4 Å². The number of morpholine rings is 1. The van der Waals surface area contributed by atoms with Crippen molar-refractivity contribution in [2.45, 2.75) is 50.5 Å². The second-order valence-electron chi connectivity index (χ2n) is 6.36. The van der Waals surface area contributed by atoms with Crippen LogP contribution in [0.4, 0.5) is 0 Å². The standard InChI is InChI=1S/C16H23N3O4/c20-14(21)8-12-10-23-7-6-19(12)16(22)13-9-17-18-15(13)11-4-2-1-3-5-11/h9,11-12H,1-8,10H2,(H,17,18)(H,20,21)/t12-/m0/s1. The number of carbonyl (C=O) groups excluding carboxylic acids is 1. The van der Waals surface area contributed by atoms with Gasteiger partial charge in [0.1, 0.15) is 0 Å². The van der Waals surface area contributed by atoms with Crippen molar-refractivity contribution in [1.82, 2.24) is 15.1 Å². The number of aromatic nitrogens is 2. The van der Waals surface area contributed by atoms with Crippen LogP contribution in [-0.2, 0) is 9.53 Å². The van der Waals surface area contributed by atoms with Crippen molar-refractivity contribution in [3.05, 3.63) is 17.5 Å². The Balaban J connectivity index is 1.79. The molecule has 126 valence electrons. The lowest BCUT2D eigenvalue weighted by atomic mass is 9.85. The molecule has 23 heavy (non-hydrogen) atoms. The van der Waals surface area contributed by atoms with Crippen molar-refractivity contribution in [3.63, 3.8) is 0 Å². The summed E-state index contributed by atoms with van der Waals surface area (Å²) in [6.07, 6.45) is 7.24. The van der Waals surface area contributed by atoms with Crippen LogP contribution in [0.25, 0.3) is 0 Å². The SMILES string of the molecule is O=C(O)C[C@H]1COCCN1C(=O)c1cn[nH]c1C1CCCCC1. The number of aliphatic carboxylic acids is 1. The number of carbonyl (C=O) groups is 2. The first kappa shape index (κ1) is 16.0. The first-order valence-corrected chi connectivity index (χ1v) is 8.30. The van der Waals surface area contributed by atoms with Crippen molar-refractivity contribution in [3.8, 4) is 0 Å². The molecule has 1 saturated carbocycles. The third-order valence-corrected chi connectivity index (χ3v) is 4.81. The third-order valence-electron chi connectivity index (χ3n) is 4.81. The summed E-state index contributed by atoms with van der Waals surface area (Å²) in [5.41, 5.74) is 1.50. The van der Waals surface area contributed by atoms with Crippen molar-refractivity contribution in [1.29, 1.82) is 0 Å². The fourth-order valence-corrected chi connectivity index (χ4v) is 3.62. The molecule has 1 atom stereocenters. The van der Waals surface area contributed by atoms with E-state index in [1.165, 1.54) is 19.3 Å². The molecular weight excluding hydrogens is 298 g/mol. The van der Waals surface area contributed by atoms with Crippen LogP contribution in [0.2, 0.25) is 0 Å². The van der Waals surface area contributed by atoms with E-state index in [1.807, 2.05) is 0 Å². The number of carboxylic acids is 1. The topological polar surface area (TPSA) is 95.5 Å². The molecule has 0 radical (unpaired) electrons. The maximum absolute atomic E-state index is 12.9. The van der Waals surface area contributed by atoms with Gasteiger partial charge in [0, 0.05) is 12.5 Å². The Morgan fingerprint density at radius 3 is 2.87 bits per heavy atom. The molecule has 1 amide bonds. The zero-order chi connectivity index (χ0) is 16.2. The first-order valence-electron chi connectivity index (χ1n) is 8.30. The smallest absolute Gasteiger partial charge is 0.305 e. The number of hydrogen-bond donors (Lipinski definition) is 2. The van der Waals surface area contributed by atoms with Crippen LogP contribution in [0.5, 0.6) is 0 Å². The van der Waals surface area contributed by atoms with Gasteiger partial charge in [-0.2, -0.15) is 5.10 Å². The maximum atomic E-state index is 12.9. The van der Waals surface area contributed by atoms with E-state index in [9.17, 15) is 9.59 Å². The number of nitrogens with one attached hydrogen (secondary N) is 1. The van der Waals surface area contributed by atoms with Gasteiger partial charge in [0.25, 0.3) is 5.91 Å². The van der Waals surface area contributed by atoms with Gasteiger partial charge in [-0.1, -0.05) is 19.3 Å². The molecule has 0 unspecified atom stereocenters. The molecule has 7 nitrogen and oxygen atoms in total. The number of nitrogens with zero attached hydrogens (tertiary/aromatic N) is 2. The molecule has 3 rings (SSSR count). The Hall–Kier alpha value is -1.89. The van der Waals surface area contributed by atoms with Crippen LogP contribution in [0.1, 0.15) is 60.5 Å².